The molecule has 0 bridgehead atoms. The van der Waals surface area contributed by atoms with Crippen LogP contribution in [0.3, 0.4) is 0 Å². The first-order valence-corrected chi connectivity index (χ1v) is 4.92. The lowest BCUT2D eigenvalue weighted by molar-refractivity contribution is 0.0739. The second kappa shape index (κ2) is 3.56. The summed E-state index contributed by atoms with van der Waals surface area (Å²) in [4.78, 5) is 4.12. The Bertz CT molecular complexity index is 462. The fourth-order valence-electron chi connectivity index (χ4n) is 1.73. The van der Waals surface area contributed by atoms with Gasteiger partial charge in [0.25, 0.3) is 5.78 Å². The molecule has 1 atom stereocenters. The van der Waals surface area contributed by atoms with Gasteiger partial charge in [-0.3, -0.25) is 4.40 Å². The van der Waals surface area contributed by atoms with E-state index in [4.69, 9.17) is 4.74 Å². The number of nitrogens with zero attached hydrogens (tertiary/aromatic N) is 4. The summed E-state index contributed by atoms with van der Waals surface area (Å²) in [5.41, 5.74) is 0. The second-order valence-corrected chi connectivity index (χ2v) is 3.43. The quantitative estimate of drug-likeness (QED) is 0.697. The first-order chi connectivity index (χ1) is 7.45. The average molecular weight is 205 g/mol. The molecule has 6 heteroatoms. The van der Waals surface area contributed by atoms with E-state index in [0.717, 1.165) is 19.0 Å². The van der Waals surface area contributed by atoms with E-state index in [0.29, 0.717) is 12.4 Å². The number of hydrogen-bond donors (Lipinski definition) is 1. The van der Waals surface area contributed by atoms with Gasteiger partial charge in [0, 0.05) is 18.9 Å². The first kappa shape index (κ1) is 8.75. The van der Waals surface area contributed by atoms with Crippen molar-refractivity contribution in [3.8, 4) is 0 Å². The minimum atomic E-state index is 0.109. The molecule has 0 saturated carbocycles. The molecule has 2 aromatic heterocycles. The molecule has 1 N–H and O–H groups in total. The molecular weight excluding hydrogens is 194 g/mol. The summed E-state index contributed by atoms with van der Waals surface area (Å²) >= 11 is 0. The van der Waals surface area contributed by atoms with Gasteiger partial charge in [-0.2, -0.15) is 0 Å². The fraction of sp³-hybridized carbons (Fsp3) is 0.444. The van der Waals surface area contributed by atoms with Crippen molar-refractivity contribution in [2.45, 2.75) is 6.04 Å². The van der Waals surface area contributed by atoms with Crippen LogP contribution in [0.4, 0.5) is 0 Å². The van der Waals surface area contributed by atoms with E-state index in [1.54, 1.807) is 6.20 Å². The maximum Gasteiger partial charge on any atom is 0.254 e. The molecule has 2 aromatic rings. The molecule has 1 saturated heterocycles. The molecular formula is C9H11N5O. The number of fused-ring (bicyclic) bond motifs is 1. The molecule has 1 aliphatic rings. The largest absolute Gasteiger partial charge is 0.378 e. The SMILES string of the molecule is c1cnc2nnc(C3COCCN3)n2c1. The Hall–Kier alpha value is -1.53. The summed E-state index contributed by atoms with van der Waals surface area (Å²) < 4.78 is 7.27. The zero-order valence-electron chi connectivity index (χ0n) is 8.13. The molecule has 15 heavy (non-hydrogen) atoms. The zero-order valence-corrected chi connectivity index (χ0v) is 8.13. The van der Waals surface area contributed by atoms with E-state index in [-0.39, 0.29) is 6.04 Å². The molecule has 0 spiro atoms. The van der Waals surface area contributed by atoms with Crippen molar-refractivity contribution >= 4 is 5.78 Å². The van der Waals surface area contributed by atoms with Gasteiger partial charge in [0.2, 0.25) is 0 Å². The average Bonchev–Trinajstić information content (AvgIpc) is 2.74. The smallest absolute Gasteiger partial charge is 0.254 e. The summed E-state index contributed by atoms with van der Waals surface area (Å²) in [6, 6.07) is 1.97. The number of nitrogens with one attached hydrogen (secondary N) is 1. The Morgan fingerprint density at radius 3 is 3.33 bits per heavy atom. The van der Waals surface area contributed by atoms with E-state index in [9.17, 15) is 0 Å². The number of aromatic nitrogens is 4. The summed E-state index contributed by atoms with van der Waals surface area (Å²) in [6.07, 6.45) is 3.62. The van der Waals surface area contributed by atoms with E-state index >= 15 is 0 Å². The second-order valence-electron chi connectivity index (χ2n) is 3.43. The predicted molar refractivity (Wildman–Crippen MR) is 52.3 cm³/mol. The Balaban J connectivity index is 2.02. The lowest BCUT2D eigenvalue weighted by atomic mass is 10.2. The zero-order chi connectivity index (χ0) is 10.1. The van der Waals surface area contributed by atoms with Crippen molar-refractivity contribution in [1.82, 2.24) is 24.9 Å². The minimum absolute atomic E-state index is 0.109. The van der Waals surface area contributed by atoms with Crippen LogP contribution in [0.15, 0.2) is 18.5 Å². The predicted octanol–water partition coefficient (Wildman–Crippen LogP) is -0.215. The van der Waals surface area contributed by atoms with Gasteiger partial charge in [0.1, 0.15) is 0 Å². The van der Waals surface area contributed by atoms with Crippen LogP contribution in [-0.4, -0.2) is 39.3 Å². The molecule has 0 radical (unpaired) electrons. The maximum absolute atomic E-state index is 5.39. The highest BCUT2D eigenvalue weighted by atomic mass is 16.5. The van der Waals surface area contributed by atoms with E-state index < -0.39 is 0 Å². The Kier molecular flexibility index (Phi) is 2.08. The standard InChI is InChI=1S/C9H11N5O/c1-2-11-9-13-12-8(14(9)4-1)7-6-15-5-3-10-7/h1-2,4,7,10H,3,5-6H2. The molecule has 0 aliphatic carbocycles. The van der Waals surface area contributed by atoms with Crippen molar-refractivity contribution in [2.75, 3.05) is 19.8 Å². The lowest BCUT2D eigenvalue weighted by Gasteiger charge is -2.21. The summed E-state index contributed by atoms with van der Waals surface area (Å²) in [5.74, 6) is 1.48. The highest BCUT2D eigenvalue weighted by molar-refractivity contribution is 5.27. The van der Waals surface area contributed by atoms with E-state index in [1.807, 2.05) is 16.7 Å². The Morgan fingerprint density at radius 2 is 2.47 bits per heavy atom. The highest BCUT2D eigenvalue weighted by Gasteiger charge is 2.20. The minimum Gasteiger partial charge on any atom is -0.378 e. The van der Waals surface area contributed by atoms with Gasteiger partial charge in [0.15, 0.2) is 5.82 Å². The van der Waals surface area contributed by atoms with Gasteiger partial charge in [-0.05, 0) is 6.07 Å². The van der Waals surface area contributed by atoms with Crippen LogP contribution in [-0.2, 0) is 4.74 Å². The van der Waals surface area contributed by atoms with Crippen molar-refractivity contribution in [1.29, 1.82) is 0 Å². The van der Waals surface area contributed by atoms with Crippen molar-refractivity contribution in [3.05, 3.63) is 24.3 Å². The lowest BCUT2D eigenvalue weighted by Crippen LogP contribution is -2.35. The van der Waals surface area contributed by atoms with Crippen LogP contribution >= 0.6 is 0 Å². The molecule has 6 nitrogen and oxygen atoms in total. The van der Waals surface area contributed by atoms with Crippen LogP contribution in [0.2, 0.25) is 0 Å². The fourth-order valence-corrected chi connectivity index (χ4v) is 1.73. The molecule has 3 heterocycles. The topological polar surface area (TPSA) is 64.3 Å². The van der Waals surface area contributed by atoms with Gasteiger partial charge in [0.05, 0.1) is 19.3 Å². The summed E-state index contributed by atoms with van der Waals surface area (Å²) in [5, 5.41) is 11.5. The van der Waals surface area contributed by atoms with Gasteiger partial charge < -0.3 is 10.1 Å². The van der Waals surface area contributed by atoms with Crippen LogP contribution in [0.5, 0.6) is 0 Å². The molecule has 0 aromatic carbocycles. The van der Waals surface area contributed by atoms with Gasteiger partial charge >= 0.3 is 0 Å². The van der Waals surface area contributed by atoms with Crippen LogP contribution in [0.25, 0.3) is 5.78 Å². The van der Waals surface area contributed by atoms with Gasteiger partial charge in [-0.25, -0.2) is 4.98 Å². The molecule has 1 fully saturated rings. The number of hydrogen-bond acceptors (Lipinski definition) is 5. The Morgan fingerprint density at radius 1 is 1.47 bits per heavy atom. The van der Waals surface area contributed by atoms with E-state index in [1.165, 1.54) is 0 Å². The molecule has 78 valence electrons. The third kappa shape index (κ3) is 1.47. The van der Waals surface area contributed by atoms with Crippen LogP contribution < -0.4 is 5.32 Å². The molecule has 1 aliphatic heterocycles. The highest BCUT2D eigenvalue weighted by Crippen LogP contribution is 2.13. The Labute approximate surface area is 86.3 Å². The first-order valence-electron chi connectivity index (χ1n) is 4.92. The van der Waals surface area contributed by atoms with Crippen molar-refractivity contribution < 1.29 is 4.74 Å². The third-order valence-electron chi connectivity index (χ3n) is 2.45. The van der Waals surface area contributed by atoms with E-state index in [2.05, 4.69) is 20.5 Å². The summed E-state index contributed by atoms with van der Waals surface area (Å²) in [6.45, 7) is 2.24. The number of morpholine rings is 1. The van der Waals surface area contributed by atoms with Crippen molar-refractivity contribution in [3.63, 3.8) is 0 Å². The number of ether oxygens (including phenoxy) is 1. The number of rotatable bonds is 1. The molecule has 0 amide bonds. The summed E-state index contributed by atoms with van der Waals surface area (Å²) in [7, 11) is 0. The van der Waals surface area contributed by atoms with Crippen LogP contribution in [0, 0.1) is 0 Å². The normalized spacial score (nSPS) is 22.0. The van der Waals surface area contributed by atoms with Gasteiger partial charge in [-0.15, -0.1) is 10.2 Å². The molecule has 3 rings (SSSR count). The molecule has 1 unspecified atom stereocenters. The maximum atomic E-state index is 5.39. The third-order valence-corrected chi connectivity index (χ3v) is 2.45. The van der Waals surface area contributed by atoms with Crippen molar-refractivity contribution in [2.24, 2.45) is 0 Å². The monoisotopic (exact) mass is 205 g/mol. The van der Waals surface area contributed by atoms with Crippen LogP contribution in [0.1, 0.15) is 11.9 Å². The van der Waals surface area contributed by atoms with Gasteiger partial charge in [-0.1, -0.05) is 0 Å².